The van der Waals surface area contributed by atoms with Crippen molar-refractivity contribution in [2.75, 3.05) is 13.1 Å². The van der Waals surface area contributed by atoms with E-state index >= 15 is 0 Å². The molecule has 0 unspecified atom stereocenters. The number of unbranched alkanes of at least 4 members (excludes halogenated alkanes) is 4. The first-order valence-electron chi connectivity index (χ1n) is 13.0. The normalized spacial score (nSPS) is 11.5. The molecule has 0 spiro atoms. The average Bonchev–Trinajstić information content (AvgIpc) is 2.92. The molecule has 4 aromatic rings. The summed E-state index contributed by atoms with van der Waals surface area (Å²) in [6.45, 7) is 2.42. The van der Waals surface area contributed by atoms with Gasteiger partial charge in [0.25, 0.3) is 11.1 Å². The van der Waals surface area contributed by atoms with Gasteiger partial charge in [-0.3, -0.25) is 27.9 Å². The molecule has 4 rings (SSSR count). The minimum Gasteiger partial charge on any atom is -0.317 e. The van der Waals surface area contributed by atoms with Crippen molar-refractivity contribution in [1.82, 2.24) is 23.6 Å². The van der Waals surface area contributed by atoms with Crippen molar-refractivity contribution in [1.29, 1.82) is 0 Å². The number of hydrogen-bond donors (Lipinski definition) is 1. The van der Waals surface area contributed by atoms with Crippen LogP contribution in [0.25, 0.3) is 21.8 Å². The van der Waals surface area contributed by atoms with Crippen molar-refractivity contribution in [3.63, 3.8) is 0 Å². The first-order valence-corrected chi connectivity index (χ1v) is 13.0. The van der Waals surface area contributed by atoms with E-state index in [-0.39, 0.29) is 22.5 Å². The molecule has 2 aromatic carbocycles. The van der Waals surface area contributed by atoms with Crippen LogP contribution in [0.15, 0.2) is 67.7 Å². The van der Waals surface area contributed by atoms with Crippen LogP contribution >= 0.6 is 0 Å². The summed E-state index contributed by atoms with van der Waals surface area (Å²) in [5, 5.41) is 4.52. The molecule has 0 saturated carbocycles. The number of fused-ring (bicyclic) bond motifs is 2. The second-order valence-electron chi connectivity index (χ2n) is 9.50. The fourth-order valence-corrected chi connectivity index (χ4v) is 4.86. The Labute approximate surface area is 214 Å². The Kier molecular flexibility index (Phi) is 8.55. The highest BCUT2D eigenvalue weighted by atomic mass is 16.2. The SMILES string of the molecule is Cn1c(=O)n(CCCCCCCNCCCn2c(=O)c3ccccc3n(C)c2=O)c(=O)c2ccccc21. The van der Waals surface area contributed by atoms with Gasteiger partial charge in [-0.05, 0) is 56.6 Å². The Morgan fingerprint density at radius 1 is 0.568 bits per heavy atom. The standard InChI is InChI=1S/C28H35N5O4/c1-30-23-15-8-6-13-21(23)25(34)32(27(30)36)19-11-5-3-4-10-17-29-18-12-20-33-26(35)22-14-7-9-16-24(22)31(2)28(33)37/h6-9,13-16,29H,3-5,10-12,17-20H2,1-2H3. The molecule has 0 aliphatic rings. The van der Waals surface area contributed by atoms with Crippen molar-refractivity contribution in [3.8, 4) is 0 Å². The van der Waals surface area contributed by atoms with Crippen LogP contribution in [0.4, 0.5) is 0 Å². The fourth-order valence-electron chi connectivity index (χ4n) is 4.86. The van der Waals surface area contributed by atoms with Gasteiger partial charge in [-0.25, -0.2) is 9.59 Å². The molecule has 0 radical (unpaired) electrons. The molecule has 0 bridgehead atoms. The summed E-state index contributed by atoms with van der Waals surface area (Å²) in [7, 11) is 3.39. The lowest BCUT2D eigenvalue weighted by molar-refractivity contribution is 0.510. The lowest BCUT2D eigenvalue weighted by Crippen LogP contribution is -2.39. The second kappa shape index (κ2) is 12.0. The lowest BCUT2D eigenvalue weighted by atomic mass is 10.1. The van der Waals surface area contributed by atoms with Gasteiger partial charge in [0, 0.05) is 27.2 Å². The number of benzene rings is 2. The van der Waals surface area contributed by atoms with Gasteiger partial charge >= 0.3 is 11.4 Å². The highest BCUT2D eigenvalue weighted by molar-refractivity contribution is 5.78. The van der Waals surface area contributed by atoms with E-state index in [1.54, 1.807) is 38.4 Å². The summed E-state index contributed by atoms with van der Waals surface area (Å²) in [6.07, 6.45) is 5.56. The van der Waals surface area contributed by atoms with Crippen molar-refractivity contribution in [2.24, 2.45) is 14.1 Å². The molecule has 2 heterocycles. The fraction of sp³-hybridized carbons (Fsp3) is 0.429. The lowest BCUT2D eigenvalue weighted by Gasteiger charge is -2.11. The van der Waals surface area contributed by atoms with Gasteiger partial charge in [0.1, 0.15) is 0 Å². The number of rotatable bonds is 12. The number of nitrogens with zero attached hydrogens (tertiary/aromatic N) is 4. The van der Waals surface area contributed by atoms with Gasteiger partial charge < -0.3 is 5.32 Å². The van der Waals surface area contributed by atoms with Crippen LogP contribution in [-0.2, 0) is 27.2 Å². The monoisotopic (exact) mass is 505 g/mol. The molecule has 196 valence electrons. The molecule has 0 atom stereocenters. The summed E-state index contributed by atoms with van der Waals surface area (Å²) >= 11 is 0. The zero-order valence-electron chi connectivity index (χ0n) is 21.6. The van der Waals surface area contributed by atoms with Crippen LogP contribution in [-0.4, -0.2) is 31.4 Å². The maximum absolute atomic E-state index is 12.7. The maximum atomic E-state index is 12.7. The molecule has 1 N–H and O–H groups in total. The molecule has 9 heteroatoms. The first-order chi connectivity index (χ1) is 17.9. The summed E-state index contributed by atoms with van der Waals surface area (Å²) < 4.78 is 5.73. The van der Waals surface area contributed by atoms with E-state index in [0.29, 0.717) is 41.3 Å². The molecule has 2 aromatic heterocycles. The predicted molar refractivity (Wildman–Crippen MR) is 147 cm³/mol. The molecule has 0 aliphatic heterocycles. The highest BCUT2D eigenvalue weighted by Crippen LogP contribution is 2.08. The number of para-hydroxylation sites is 2. The summed E-state index contributed by atoms with van der Waals surface area (Å²) in [6, 6.07) is 14.4. The van der Waals surface area contributed by atoms with E-state index < -0.39 is 0 Å². The van der Waals surface area contributed by atoms with E-state index in [4.69, 9.17) is 0 Å². The minimum absolute atomic E-state index is 0.216. The van der Waals surface area contributed by atoms with Crippen LogP contribution in [0, 0.1) is 0 Å². The highest BCUT2D eigenvalue weighted by Gasteiger charge is 2.11. The van der Waals surface area contributed by atoms with Gasteiger partial charge in [-0.2, -0.15) is 0 Å². The summed E-state index contributed by atoms with van der Waals surface area (Å²) in [4.78, 5) is 50.5. The third kappa shape index (κ3) is 5.67. The van der Waals surface area contributed by atoms with Gasteiger partial charge in [0.05, 0.1) is 21.8 Å². The molecular weight excluding hydrogens is 470 g/mol. The molecule has 0 amide bonds. The largest absolute Gasteiger partial charge is 0.331 e. The van der Waals surface area contributed by atoms with Gasteiger partial charge in [0.2, 0.25) is 0 Å². The molecule has 0 aliphatic carbocycles. The molecule has 9 nitrogen and oxygen atoms in total. The van der Waals surface area contributed by atoms with E-state index in [0.717, 1.165) is 45.2 Å². The minimum atomic E-state index is -0.285. The molecule has 37 heavy (non-hydrogen) atoms. The Morgan fingerprint density at radius 3 is 1.57 bits per heavy atom. The van der Waals surface area contributed by atoms with Crippen LogP contribution in [0.2, 0.25) is 0 Å². The molecular formula is C28H35N5O4. The third-order valence-electron chi connectivity index (χ3n) is 6.99. The number of nitrogens with one attached hydrogen (secondary N) is 1. The van der Waals surface area contributed by atoms with Crippen molar-refractivity contribution in [2.45, 2.75) is 51.6 Å². The maximum Gasteiger partial charge on any atom is 0.331 e. The van der Waals surface area contributed by atoms with Crippen molar-refractivity contribution >= 4 is 21.8 Å². The third-order valence-corrected chi connectivity index (χ3v) is 6.99. The van der Waals surface area contributed by atoms with Gasteiger partial charge in [-0.1, -0.05) is 43.5 Å². The van der Waals surface area contributed by atoms with Crippen molar-refractivity contribution in [3.05, 3.63) is 90.2 Å². The van der Waals surface area contributed by atoms with Crippen LogP contribution in [0.5, 0.6) is 0 Å². The van der Waals surface area contributed by atoms with Crippen LogP contribution < -0.4 is 27.8 Å². The van der Waals surface area contributed by atoms with Crippen molar-refractivity contribution < 1.29 is 0 Å². The molecule has 0 saturated heterocycles. The predicted octanol–water partition coefficient (Wildman–Crippen LogP) is 2.34. The summed E-state index contributed by atoms with van der Waals surface area (Å²) in [5.41, 5.74) is 0.310. The van der Waals surface area contributed by atoms with E-state index in [9.17, 15) is 19.2 Å². The van der Waals surface area contributed by atoms with Gasteiger partial charge in [0.15, 0.2) is 0 Å². The number of aromatic nitrogens is 4. The Hall–Kier alpha value is -3.72. The Balaban J connectivity index is 1.14. The van der Waals surface area contributed by atoms with Gasteiger partial charge in [-0.15, -0.1) is 0 Å². The van der Waals surface area contributed by atoms with E-state index in [1.165, 1.54) is 18.3 Å². The zero-order valence-corrected chi connectivity index (χ0v) is 21.6. The van der Waals surface area contributed by atoms with Crippen LogP contribution in [0.1, 0.15) is 38.5 Å². The Morgan fingerprint density at radius 2 is 1.00 bits per heavy atom. The number of hydrogen-bond acceptors (Lipinski definition) is 5. The topological polar surface area (TPSA) is 100 Å². The smallest absolute Gasteiger partial charge is 0.317 e. The van der Waals surface area contributed by atoms with Crippen LogP contribution in [0.3, 0.4) is 0 Å². The van der Waals surface area contributed by atoms with E-state index in [2.05, 4.69) is 5.32 Å². The Bertz CT molecular complexity index is 1510. The quantitative estimate of drug-likeness (QED) is 0.298. The van der Waals surface area contributed by atoms with E-state index in [1.807, 2.05) is 24.3 Å². The molecule has 0 fully saturated rings. The zero-order chi connectivity index (χ0) is 26.4. The first kappa shape index (κ1) is 26.3. The number of aryl methyl sites for hydroxylation is 2. The summed E-state index contributed by atoms with van der Waals surface area (Å²) in [5.74, 6) is 0. The average molecular weight is 506 g/mol. The second-order valence-corrected chi connectivity index (χ2v) is 9.50.